The highest BCUT2D eigenvalue weighted by molar-refractivity contribution is 5.98. The molecule has 3 rings (SSSR count). The first-order valence-corrected chi connectivity index (χ1v) is 7.37. The summed E-state index contributed by atoms with van der Waals surface area (Å²) < 4.78 is 0. The van der Waals surface area contributed by atoms with Crippen LogP contribution in [0.1, 0.15) is 41.3 Å². The van der Waals surface area contributed by atoms with E-state index >= 15 is 0 Å². The molecule has 1 N–H and O–H groups in total. The lowest BCUT2D eigenvalue weighted by Gasteiger charge is -2.33. The average molecular weight is 272 g/mol. The third kappa shape index (κ3) is 2.30. The number of carbonyl (C=O) groups excluding carboxylic acids is 2. The van der Waals surface area contributed by atoms with E-state index in [0.717, 1.165) is 12.8 Å². The highest BCUT2D eigenvalue weighted by Crippen LogP contribution is 2.23. The highest BCUT2D eigenvalue weighted by atomic mass is 16.2. The normalized spacial score (nSPS) is 22.1. The van der Waals surface area contributed by atoms with Crippen LogP contribution in [-0.2, 0) is 17.6 Å². The number of piperazine rings is 1. The van der Waals surface area contributed by atoms with Crippen LogP contribution >= 0.6 is 0 Å². The minimum absolute atomic E-state index is 0.0271. The van der Waals surface area contributed by atoms with E-state index < -0.39 is 0 Å². The van der Waals surface area contributed by atoms with Gasteiger partial charge in [-0.2, -0.15) is 0 Å². The number of carbonyl (C=O) groups is 2. The second kappa shape index (κ2) is 5.27. The van der Waals surface area contributed by atoms with Gasteiger partial charge < -0.3 is 10.2 Å². The lowest BCUT2D eigenvalue weighted by atomic mass is 9.90. The molecule has 106 valence electrons. The first-order chi connectivity index (χ1) is 9.66. The molecule has 0 spiro atoms. The zero-order valence-electron chi connectivity index (χ0n) is 11.8. The van der Waals surface area contributed by atoms with Gasteiger partial charge in [-0.25, -0.2) is 0 Å². The molecule has 1 aliphatic heterocycles. The Morgan fingerprint density at radius 1 is 1.25 bits per heavy atom. The Labute approximate surface area is 119 Å². The first kappa shape index (κ1) is 13.2. The van der Waals surface area contributed by atoms with Crippen molar-refractivity contribution in [1.29, 1.82) is 0 Å². The lowest BCUT2D eigenvalue weighted by Crippen LogP contribution is -2.55. The number of fused-ring (bicyclic) bond motifs is 1. The Bertz CT molecular complexity index is 553. The molecular formula is C16H20N2O2. The Kier molecular flexibility index (Phi) is 3.47. The molecule has 0 saturated carbocycles. The van der Waals surface area contributed by atoms with E-state index in [9.17, 15) is 9.59 Å². The number of amides is 2. The quantitative estimate of drug-likeness (QED) is 0.843. The molecular weight excluding hydrogens is 252 g/mol. The lowest BCUT2D eigenvalue weighted by molar-refractivity contribution is -0.127. The summed E-state index contributed by atoms with van der Waals surface area (Å²) in [5.41, 5.74) is 3.39. The minimum atomic E-state index is -0.382. The van der Waals surface area contributed by atoms with Gasteiger partial charge in [-0.3, -0.25) is 9.59 Å². The van der Waals surface area contributed by atoms with Crippen LogP contribution in [-0.4, -0.2) is 35.8 Å². The molecule has 1 aromatic rings. The topological polar surface area (TPSA) is 49.4 Å². The summed E-state index contributed by atoms with van der Waals surface area (Å²) in [4.78, 5) is 25.9. The van der Waals surface area contributed by atoms with Crippen LogP contribution in [0, 0.1) is 0 Å². The van der Waals surface area contributed by atoms with E-state index in [1.807, 2.05) is 12.1 Å². The minimum Gasteiger partial charge on any atom is -0.353 e. The van der Waals surface area contributed by atoms with Gasteiger partial charge in [-0.15, -0.1) is 0 Å². The van der Waals surface area contributed by atoms with Crippen molar-refractivity contribution in [3.63, 3.8) is 0 Å². The van der Waals surface area contributed by atoms with Crippen LogP contribution < -0.4 is 5.32 Å². The van der Waals surface area contributed by atoms with Crippen molar-refractivity contribution >= 4 is 11.8 Å². The fourth-order valence-electron chi connectivity index (χ4n) is 3.09. The van der Waals surface area contributed by atoms with E-state index in [2.05, 4.69) is 11.4 Å². The molecule has 1 unspecified atom stereocenters. The fourth-order valence-corrected chi connectivity index (χ4v) is 3.09. The number of nitrogens with zero attached hydrogens (tertiary/aromatic N) is 1. The SMILES string of the molecule is CC1C(=O)NCCN1C(=O)c1ccc2c(c1)CCCC2. The molecule has 1 aliphatic carbocycles. The predicted octanol–water partition coefficient (Wildman–Crippen LogP) is 1.53. The summed E-state index contributed by atoms with van der Waals surface area (Å²) in [5, 5.41) is 2.79. The van der Waals surface area contributed by atoms with E-state index in [0.29, 0.717) is 18.7 Å². The second-order valence-electron chi connectivity index (χ2n) is 5.66. The van der Waals surface area contributed by atoms with Gasteiger partial charge in [0.2, 0.25) is 5.91 Å². The van der Waals surface area contributed by atoms with Crippen molar-refractivity contribution < 1.29 is 9.59 Å². The first-order valence-electron chi connectivity index (χ1n) is 7.37. The third-order valence-electron chi connectivity index (χ3n) is 4.36. The van der Waals surface area contributed by atoms with Crippen LogP contribution in [0.5, 0.6) is 0 Å². The van der Waals surface area contributed by atoms with Crippen LogP contribution in [0.15, 0.2) is 18.2 Å². The predicted molar refractivity (Wildman–Crippen MR) is 76.6 cm³/mol. The van der Waals surface area contributed by atoms with Gasteiger partial charge >= 0.3 is 0 Å². The van der Waals surface area contributed by atoms with Crippen LogP contribution in [0.25, 0.3) is 0 Å². The van der Waals surface area contributed by atoms with Gasteiger partial charge in [-0.1, -0.05) is 6.07 Å². The van der Waals surface area contributed by atoms with Crippen molar-refractivity contribution in [2.45, 2.75) is 38.6 Å². The van der Waals surface area contributed by atoms with Crippen molar-refractivity contribution in [3.8, 4) is 0 Å². The highest BCUT2D eigenvalue weighted by Gasteiger charge is 2.30. The van der Waals surface area contributed by atoms with Crippen molar-refractivity contribution in [3.05, 3.63) is 34.9 Å². The van der Waals surface area contributed by atoms with Crippen molar-refractivity contribution in [2.24, 2.45) is 0 Å². The Hall–Kier alpha value is -1.84. The van der Waals surface area contributed by atoms with Crippen molar-refractivity contribution in [1.82, 2.24) is 10.2 Å². The molecule has 4 nitrogen and oxygen atoms in total. The smallest absolute Gasteiger partial charge is 0.254 e. The maximum Gasteiger partial charge on any atom is 0.254 e. The summed E-state index contributed by atoms with van der Waals surface area (Å²) >= 11 is 0. The summed E-state index contributed by atoms with van der Waals surface area (Å²) in [7, 11) is 0. The van der Waals surface area contributed by atoms with E-state index in [1.54, 1.807) is 11.8 Å². The number of hydrogen-bond acceptors (Lipinski definition) is 2. The molecule has 1 heterocycles. The Morgan fingerprint density at radius 2 is 2.00 bits per heavy atom. The molecule has 0 bridgehead atoms. The van der Waals surface area contributed by atoms with Gasteiger partial charge in [0.1, 0.15) is 6.04 Å². The summed E-state index contributed by atoms with van der Waals surface area (Å²) in [6.45, 7) is 2.91. The maximum absolute atomic E-state index is 12.6. The van der Waals surface area contributed by atoms with Crippen LogP contribution in [0.2, 0.25) is 0 Å². The third-order valence-corrected chi connectivity index (χ3v) is 4.36. The average Bonchev–Trinajstić information content (AvgIpc) is 2.49. The summed E-state index contributed by atoms with van der Waals surface area (Å²) in [6.07, 6.45) is 4.62. The van der Waals surface area contributed by atoms with Gasteiger partial charge in [0.15, 0.2) is 0 Å². The molecule has 0 aromatic heterocycles. The molecule has 1 fully saturated rings. The van der Waals surface area contributed by atoms with E-state index in [-0.39, 0.29) is 17.9 Å². The number of aryl methyl sites for hydroxylation is 2. The number of nitrogens with one attached hydrogen (secondary N) is 1. The molecule has 1 aromatic carbocycles. The zero-order valence-corrected chi connectivity index (χ0v) is 11.8. The molecule has 1 saturated heterocycles. The fraction of sp³-hybridized carbons (Fsp3) is 0.500. The van der Waals surface area contributed by atoms with Crippen molar-refractivity contribution in [2.75, 3.05) is 13.1 Å². The summed E-state index contributed by atoms with van der Waals surface area (Å²) in [5.74, 6) is -0.0942. The monoisotopic (exact) mass is 272 g/mol. The number of rotatable bonds is 1. The summed E-state index contributed by atoms with van der Waals surface area (Å²) in [6, 6.07) is 5.63. The van der Waals surface area contributed by atoms with Crippen LogP contribution in [0.4, 0.5) is 0 Å². The maximum atomic E-state index is 12.6. The van der Waals surface area contributed by atoms with Gasteiger partial charge in [-0.05, 0) is 55.9 Å². The molecule has 4 heteroatoms. The second-order valence-corrected chi connectivity index (χ2v) is 5.66. The Morgan fingerprint density at radius 3 is 2.80 bits per heavy atom. The van der Waals surface area contributed by atoms with E-state index in [4.69, 9.17) is 0 Å². The van der Waals surface area contributed by atoms with E-state index in [1.165, 1.54) is 24.0 Å². The molecule has 2 aliphatic rings. The Balaban J connectivity index is 1.85. The zero-order chi connectivity index (χ0) is 14.1. The van der Waals surface area contributed by atoms with Gasteiger partial charge in [0, 0.05) is 18.7 Å². The number of benzene rings is 1. The van der Waals surface area contributed by atoms with Gasteiger partial charge in [0.05, 0.1) is 0 Å². The largest absolute Gasteiger partial charge is 0.353 e. The molecule has 0 radical (unpaired) electrons. The standard InChI is InChI=1S/C16H20N2O2/c1-11-15(19)17-8-9-18(11)16(20)14-7-6-12-4-2-3-5-13(12)10-14/h6-7,10-11H,2-5,8-9H2,1H3,(H,17,19). The van der Waals surface area contributed by atoms with Gasteiger partial charge in [0.25, 0.3) is 5.91 Å². The molecule has 1 atom stereocenters. The molecule has 2 amide bonds. The molecule has 20 heavy (non-hydrogen) atoms. The number of hydrogen-bond donors (Lipinski definition) is 1. The van der Waals surface area contributed by atoms with Crippen LogP contribution in [0.3, 0.4) is 0 Å².